The van der Waals surface area contributed by atoms with Crippen LogP contribution in [0.4, 0.5) is 14.5 Å². The maximum Gasteiger partial charge on any atom is 0.246 e. The van der Waals surface area contributed by atoms with E-state index in [0.717, 1.165) is 10.4 Å². The molecule has 0 bridgehead atoms. The summed E-state index contributed by atoms with van der Waals surface area (Å²) in [5.41, 5.74) is 4.12. The molecule has 0 aliphatic rings. The average Bonchev–Trinajstić information content (AvgIpc) is 2.28. The lowest BCUT2D eigenvalue weighted by Crippen LogP contribution is -2.45. The molecule has 0 aliphatic carbocycles. The number of halogens is 2. The molecule has 0 saturated heterocycles. The molecule has 20 heavy (non-hydrogen) atoms. The van der Waals surface area contributed by atoms with E-state index in [4.69, 9.17) is 5.73 Å². The fraction of sp³-hybridized carbons (Fsp3) is 0.385. The van der Waals surface area contributed by atoms with Gasteiger partial charge in [-0.25, -0.2) is 17.2 Å². The van der Waals surface area contributed by atoms with E-state index in [1.54, 1.807) is 20.8 Å². The van der Waals surface area contributed by atoms with Crippen LogP contribution < -0.4 is 5.73 Å². The summed E-state index contributed by atoms with van der Waals surface area (Å²) in [7, 11) is -4.15. The van der Waals surface area contributed by atoms with Crippen LogP contribution in [0.5, 0.6) is 0 Å². The van der Waals surface area contributed by atoms with Crippen molar-refractivity contribution in [3.05, 3.63) is 36.4 Å². The summed E-state index contributed by atoms with van der Waals surface area (Å²) < 4.78 is 53.0. The number of nitrogens with two attached hydrogens (primary N) is 1. The second kappa shape index (κ2) is 5.49. The number of hydrogen-bond acceptors (Lipinski definition) is 3. The van der Waals surface area contributed by atoms with E-state index >= 15 is 0 Å². The Morgan fingerprint density at radius 1 is 1.30 bits per heavy atom. The minimum atomic E-state index is -4.15. The van der Waals surface area contributed by atoms with Gasteiger partial charge in [0, 0.05) is 18.2 Å². The Morgan fingerprint density at radius 2 is 1.85 bits per heavy atom. The first kappa shape index (κ1) is 16.6. The summed E-state index contributed by atoms with van der Waals surface area (Å²) in [4.78, 5) is -0.645. The number of nitrogen functional groups attached to an aromatic ring is 1. The third-order valence-corrected chi connectivity index (χ3v) is 4.81. The number of hydrogen-bond donors (Lipinski definition) is 1. The highest BCUT2D eigenvalue weighted by Crippen LogP contribution is 2.28. The number of sulfonamides is 1. The van der Waals surface area contributed by atoms with Gasteiger partial charge in [0.25, 0.3) is 0 Å². The maximum atomic E-state index is 13.8. The molecule has 0 atom stereocenters. The van der Waals surface area contributed by atoms with Crippen molar-refractivity contribution in [1.82, 2.24) is 4.31 Å². The standard InChI is InChI=1S/C13H18F2N2O2S/c1-5-6-17(13(2,3)4)20(18,19)12-8-11(16)9(14)7-10(12)15/h5,7-8H,1,6,16H2,2-4H3. The molecule has 1 aromatic rings. The molecule has 0 fully saturated rings. The second-order valence-electron chi connectivity index (χ2n) is 5.30. The summed E-state index contributed by atoms with van der Waals surface area (Å²) >= 11 is 0. The molecule has 0 radical (unpaired) electrons. The van der Waals surface area contributed by atoms with Crippen molar-refractivity contribution in [3.63, 3.8) is 0 Å². The molecular weight excluding hydrogens is 286 g/mol. The van der Waals surface area contributed by atoms with Gasteiger partial charge in [0.1, 0.15) is 16.5 Å². The molecular formula is C13H18F2N2O2S. The van der Waals surface area contributed by atoms with Gasteiger partial charge >= 0.3 is 0 Å². The third-order valence-electron chi connectivity index (χ3n) is 2.66. The van der Waals surface area contributed by atoms with Gasteiger partial charge in [-0.05, 0) is 26.8 Å². The zero-order chi connectivity index (χ0) is 15.7. The fourth-order valence-electron chi connectivity index (χ4n) is 1.71. The topological polar surface area (TPSA) is 63.4 Å². The van der Waals surface area contributed by atoms with Crippen molar-refractivity contribution in [2.75, 3.05) is 12.3 Å². The van der Waals surface area contributed by atoms with E-state index in [0.29, 0.717) is 6.07 Å². The number of benzene rings is 1. The second-order valence-corrected chi connectivity index (χ2v) is 7.13. The Hall–Kier alpha value is -1.47. The SMILES string of the molecule is C=CCN(C(C)(C)C)S(=O)(=O)c1cc(N)c(F)cc1F. The predicted octanol–water partition coefficient (Wildman–Crippen LogP) is 2.52. The molecule has 0 aliphatic heterocycles. The zero-order valence-corrected chi connectivity index (χ0v) is 12.5. The number of nitrogens with zero attached hydrogens (tertiary/aromatic N) is 1. The van der Waals surface area contributed by atoms with Crippen molar-refractivity contribution in [2.24, 2.45) is 0 Å². The highest BCUT2D eigenvalue weighted by atomic mass is 32.2. The van der Waals surface area contributed by atoms with E-state index in [2.05, 4.69) is 6.58 Å². The van der Waals surface area contributed by atoms with Gasteiger partial charge in [0.05, 0.1) is 5.69 Å². The molecule has 0 spiro atoms. The van der Waals surface area contributed by atoms with Crippen LogP contribution in [-0.4, -0.2) is 24.8 Å². The van der Waals surface area contributed by atoms with Gasteiger partial charge in [-0.1, -0.05) is 6.08 Å². The summed E-state index contributed by atoms with van der Waals surface area (Å²) in [6.45, 7) is 8.49. The molecule has 1 rings (SSSR count). The van der Waals surface area contributed by atoms with E-state index in [9.17, 15) is 17.2 Å². The molecule has 4 nitrogen and oxygen atoms in total. The van der Waals surface area contributed by atoms with Crippen LogP contribution >= 0.6 is 0 Å². The minimum absolute atomic E-state index is 0.00253. The Balaban J connectivity index is 3.49. The van der Waals surface area contributed by atoms with Gasteiger partial charge in [-0.15, -0.1) is 6.58 Å². The summed E-state index contributed by atoms with van der Waals surface area (Å²) in [5.74, 6) is -2.16. The molecule has 0 heterocycles. The largest absolute Gasteiger partial charge is 0.396 e. The highest BCUT2D eigenvalue weighted by Gasteiger charge is 2.35. The predicted molar refractivity (Wildman–Crippen MR) is 74.6 cm³/mol. The molecule has 0 unspecified atom stereocenters. The average molecular weight is 304 g/mol. The van der Waals surface area contributed by atoms with E-state index in [1.807, 2.05) is 0 Å². The highest BCUT2D eigenvalue weighted by molar-refractivity contribution is 7.89. The Morgan fingerprint density at radius 3 is 2.30 bits per heavy atom. The number of rotatable bonds is 4. The molecule has 112 valence electrons. The van der Waals surface area contributed by atoms with Crippen LogP contribution in [0.1, 0.15) is 20.8 Å². The van der Waals surface area contributed by atoms with Crippen LogP contribution in [0.3, 0.4) is 0 Å². The maximum absolute atomic E-state index is 13.8. The molecule has 0 saturated carbocycles. The summed E-state index contributed by atoms with van der Waals surface area (Å²) in [5, 5.41) is 0. The first-order chi connectivity index (χ1) is 9.01. The lowest BCUT2D eigenvalue weighted by Gasteiger charge is -2.33. The quantitative estimate of drug-likeness (QED) is 0.687. The van der Waals surface area contributed by atoms with Gasteiger partial charge in [-0.2, -0.15) is 4.31 Å². The van der Waals surface area contributed by atoms with Crippen LogP contribution in [0.15, 0.2) is 29.7 Å². The van der Waals surface area contributed by atoms with E-state index < -0.39 is 37.8 Å². The van der Waals surface area contributed by atoms with Crippen molar-refractivity contribution in [3.8, 4) is 0 Å². The Labute approximate surface area is 117 Å². The molecule has 1 aromatic carbocycles. The summed E-state index contributed by atoms with van der Waals surface area (Å²) in [6.07, 6.45) is 1.40. The number of anilines is 1. The van der Waals surface area contributed by atoms with Crippen molar-refractivity contribution in [2.45, 2.75) is 31.2 Å². The van der Waals surface area contributed by atoms with Gasteiger partial charge in [-0.3, -0.25) is 0 Å². The van der Waals surface area contributed by atoms with E-state index in [-0.39, 0.29) is 6.54 Å². The van der Waals surface area contributed by atoms with Crippen LogP contribution in [0.25, 0.3) is 0 Å². The Kier molecular flexibility index (Phi) is 4.55. The minimum Gasteiger partial charge on any atom is -0.396 e. The lowest BCUT2D eigenvalue weighted by atomic mass is 10.1. The smallest absolute Gasteiger partial charge is 0.246 e. The van der Waals surface area contributed by atoms with E-state index in [1.165, 1.54) is 6.08 Å². The Bertz CT molecular complexity index is 622. The van der Waals surface area contributed by atoms with Crippen molar-refractivity contribution in [1.29, 1.82) is 0 Å². The van der Waals surface area contributed by atoms with Gasteiger partial charge in [0.2, 0.25) is 10.0 Å². The van der Waals surface area contributed by atoms with Crippen LogP contribution in [0.2, 0.25) is 0 Å². The fourth-order valence-corrected chi connectivity index (χ4v) is 3.55. The van der Waals surface area contributed by atoms with Crippen molar-refractivity contribution >= 4 is 15.7 Å². The third kappa shape index (κ3) is 3.16. The van der Waals surface area contributed by atoms with Crippen LogP contribution in [-0.2, 0) is 10.0 Å². The van der Waals surface area contributed by atoms with Gasteiger partial charge < -0.3 is 5.73 Å². The van der Waals surface area contributed by atoms with Crippen molar-refractivity contribution < 1.29 is 17.2 Å². The normalized spacial score (nSPS) is 12.7. The first-order valence-electron chi connectivity index (χ1n) is 5.90. The first-order valence-corrected chi connectivity index (χ1v) is 7.34. The monoisotopic (exact) mass is 304 g/mol. The lowest BCUT2D eigenvalue weighted by molar-refractivity contribution is 0.269. The zero-order valence-electron chi connectivity index (χ0n) is 11.7. The molecule has 7 heteroatoms. The molecule has 0 aromatic heterocycles. The van der Waals surface area contributed by atoms with Gasteiger partial charge in [0.15, 0.2) is 0 Å². The molecule has 0 amide bonds. The van der Waals surface area contributed by atoms with Crippen LogP contribution in [0, 0.1) is 11.6 Å². The summed E-state index contributed by atoms with van der Waals surface area (Å²) in [6, 6.07) is 1.26. The molecule has 2 N–H and O–H groups in total.